The summed E-state index contributed by atoms with van der Waals surface area (Å²) in [4.78, 5) is 4.37. The Labute approximate surface area is 102 Å². The fourth-order valence-electron chi connectivity index (χ4n) is 1.77. The first-order valence-electron chi connectivity index (χ1n) is 5.02. The van der Waals surface area contributed by atoms with Crippen LogP contribution in [0.4, 0.5) is 0 Å². The Morgan fingerprint density at radius 2 is 1.81 bits per heavy atom. The quantitative estimate of drug-likeness (QED) is 0.659. The van der Waals surface area contributed by atoms with Crippen molar-refractivity contribution in [3.8, 4) is 11.3 Å². The second kappa shape index (κ2) is 3.76. The molecular formula is C13H9BrN2. The largest absolute Gasteiger partial charge is 0.300 e. The SMILES string of the molecule is Brc1ccc(-c2cnc3ccccn23)cc1. The van der Waals surface area contributed by atoms with E-state index in [1.165, 1.54) is 5.56 Å². The molecule has 2 aromatic heterocycles. The van der Waals surface area contributed by atoms with Crippen molar-refractivity contribution in [3.05, 3.63) is 59.3 Å². The Balaban J connectivity index is 2.22. The molecule has 0 fully saturated rings. The Bertz CT molecular complexity index is 626. The molecule has 0 unspecified atom stereocenters. The van der Waals surface area contributed by atoms with E-state index in [2.05, 4.69) is 37.4 Å². The number of nitrogens with zero attached hydrogens (tertiary/aromatic N) is 2. The maximum atomic E-state index is 4.37. The highest BCUT2D eigenvalue weighted by atomic mass is 79.9. The van der Waals surface area contributed by atoms with E-state index >= 15 is 0 Å². The number of halogens is 1. The summed E-state index contributed by atoms with van der Waals surface area (Å²) in [5.74, 6) is 0. The molecule has 0 bridgehead atoms. The van der Waals surface area contributed by atoms with Crippen molar-refractivity contribution in [2.75, 3.05) is 0 Å². The molecule has 0 N–H and O–H groups in total. The van der Waals surface area contributed by atoms with Crippen LogP contribution in [0.15, 0.2) is 59.3 Å². The average molecular weight is 273 g/mol. The lowest BCUT2D eigenvalue weighted by Gasteiger charge is -2.01. The lowest BCUT2D eigenvalue weighted by atomic mass is 10.2. The van der Waals surface area contributed by atoms with Crippen LogP contribution in [0.3, 0.4) is 0 Å². The van der Waals surface area contributed by atoms with Crippen LogP contribution < -0.4 is 0 Å². The van der Waals surface area contributed by atoms with Crippen molar-refractivity contribution >= 4 is 21.6 Å². The highest BCUT2D eigenvalue weighted by Gasteiger charge is 2.04. The molecule has 0 aliphatic rings. The highest BCUT2D eigenvalue weighted by molar-refractivity contribution is 9.10. The van der Waals surface area contributed by atoms with E-state index in [-0.39, 0.29) is 0 Å². The molecule has 2 heterocycles. The second-order valence-electron chi connectivity index (χ2n) is 3.58. The summed E-state index contributed by atoms with van der Waals surface area (Å²) in [6, 6.07) is 14.3. The normalized spacial score (nSPS) is 10.8. The van der Waals surface area contributed by atoms with E-state index in [1.54, 1.807) is 0 Å². The Morgan fingerprint density at radius 3 is 2.62 bits per heavy atom. The molecule has 0 aliphatic heterocycles. The molecule has 0 atom stereocenters. The minimum absolute atomic E-state index is 0.973. The lowest BCUT2D eigenvalue weighted by Crippen LogP contribution is -1.86. The third kappa shape index (κ3) is 1.53. The van der Waals surface area contributed by atoms with Crippen molar-refractivity contribution < 1.29 is 0 Å². The maximum absolute atomic E-state index is 4.37. The van der Waals surface area contributed by atoms with Crippen LogP contribution in [0.2, 0.25) is 0 Å². The van der Waals surface area contributed by atoms with Crippen molar-refractivity contribution in [1.82, 2.24) is 9.38 Å². The first kappa shape index (κ1) is 9.60. The van der Waals surface area contributed by atoms with Crippen molar-refractivity contribution in [2.24, 2.45) is 0 Å². The molecule has 78 valence electrons. The first-order chi connectivity index (χ1) is 7.84. The third-order valence-electron chi connectivity index (χ3n) is 2.56. The third-order valence-corrected chi connectivity index (χ3v) is 3.09. The van der Waals surface area contributed by atoms with E-state index < -0.39 is 0 Å². The van der Waals surface area contributed by atoms with Gasteiger partial charge < -0.3 is 0 Å². The molecule has 3 heteroatoms. The fraction of sp³-hybridized carbons (Fsp3) is 0. The minimum Gasteiger partial charge on any atom is -0.300 e. The van der Waals surface area contributed by atoms with Gasteiger partial charge in [0.2, 0.25) is 0 Å². The van der Waals surface area contributed by atoms with E-state index in [1.807, 2.05) is 42.7 Å². The molecule has 0 radical (unpaired) electrons. The van der Waals surface area contributed by atoms with Crippen molar-refractivity contribution in [2.45, 2.75) is 0 Å². The monoisotopic (exact) mass is 272 g/mol. The summed E-state index contributed by atoms with van der Waals surface area (Å²) < 4.78 is 3.17. The van der Waals surface area contributed by atoms with Gasteiger partial charge in [0.15, 0.2) is 0 Å². The zero-order chi connectivity index (χ0) is 11.0. The van der Waals surface area contributed by atoms with Crippen LogP contribution in [0.25, 0.3) is 16.9 Å². The minimum atomic E-state index is 0.973. The number of imidazole rings is 1. The first-order valence-corrected chi connectivity index (χ1v) is 5.82. The van der Waals surface area contributed by atoms with Crippen LogP contribution in [-0.2, 0) is 0 Å². The van der Waals surface area contributed by atoms with Crippen molar-refractivity contribution in [3.63, 3.8) is 0 Å². The highest BCUT2D eigenvalue weighted by Crippen LogP contribution is 2.22. The molecule has 3 aromatic rings. The van der Waals surface area contributed by atoms with Gasteiger partial charge in [0.25, 0.3) is 0 Å². The summed E-state index contributed by atoms with van der Waals surface area (Å²) in [6.45, 7) is 0. The molecule has 0 spiro atoms. The Hall–Kier alpha value is -1.61. The number of pyridine rings is 1. The molecule has 0 amide bonds. The standard InChI is InChI=1S/C13H9BrN2/c14-11-6-4-10(5-7-11)12-9-15-13-3-1-2-8-16(12)13/h1-9H. The molecule has 16 heavy (non-hydrogen) atoms. The van der Waals surface area contributed by atoms with Gasteiger partial charge in [0, 0.05) is 16.2 Å². The predicted molar refractivity (Wildman–Crippen MR) is 68.3 cm³/mol. The summed E-state index contributed by atoms with van der Waals surface area (Å²) in [7, 11) is 0. The Kier molecular flexibility index (Phi) is 2.26. The molecule has 0 saturated heterocycles. The van der Waals surface area contributed by atoms with Crippen LogP contribution in [0, 0.1) is 0 Å². The molecule has 0 aliphatic carbocycles. The number of fused-ring (bicyclic) bond motifs is 1. The van der Waals surface area contributed by atoms with Gasteiger partial charge in [-0.25, -0.2) is 4.98 Å². The van der Waals surface area contributed by atoms with E-state index in [4.69, 9.17) is 0 Å². The summed E-state index contributed by atoms with van der Waals surface area (Å²) >= 11 is 3.44. The molecular weight excluding hydrogens is 264 g/mol. The predicted octanol–water partition coefficient (Wildman–Crippen LogP) is 3.76. The zero-order valence-corrected chi connectivity index (χ0v) is 10.1. The van der Waals surface area contributed by atoms with Crippen LogP contribution in [0.5, 0.6) is 0 Å². The van der Waals surface area contributed by atoms with E-state index in [9.17, 15) is 0 Å². The van der Waals surface area contributed by atoms with Gasteiger partial charge in [0.1, 0.15) is 5.65 Å². The van der Waals surface area contributed by atoms with Gasteiger partial charge in [-0.3, -0.25) is 4.40 Å². The lowest BCUT2D eigenvalue weighted by molar-refractivity contribution is 1.19. The van der Waals surface area contributed by atoms with Gasteiger partial charge in [-0.2, -0.15) is 0 Å². The number of hydrogen-bond donors (Lipinski definition) is 0. The van der Waals surface area contributed by atoms with Gasteiger partial charge >= 0.3 is 0 Å². The number of benzene rings is 1. The molecule has 2 nitrogen and oxygen atoms in total. The van der Waals surface area contributed by atoms with Crippen LogP contribution >= 0.6 is 15.9 Å². The number of aromatic nitrogens is 2. The van der Waals surface area contributed by atoms with Gasteiger partial charge in [-0.05, 0) is 24.3 Å². The molecule has 0 saturated carbocycles. The van der Waals surface area contributed by atoms with Crippen LogP contribution in [0.1, 0.15) is 0 Å². The van der Waals surface area contributed by atoms with Crippen molar-refractivity contribution in [1.29, 1.82) is 0 Å². The summed E-state index contributed by atoms with van der Waals surface area (Å²) in [5.41, 5.74) is 3.26. The maximum Gasteiger partial charge on any atom is 0.137 e. The second-order valence-corrected chi connectivity index (χ2v) is 4.49. The molecule has 1 aromatic carbocycles. The topological polar surface area (TPSA) is 17.3 Å². The van der Waals surface area contributed by atoms with Gasteiger partial charge in [-0.1, -0.05) is 34.1 Å². The zero-order valence-electron chi connectivity index (χ0n) is 8.47. The summed E-state index contributed by atoms with van der Waals surface area (Å²) in [5, 5.41) is 0. The fourth-order valence-corrected chi connectivity index (χ4v) is 2.03. The van der Waals surface area contributed by atoms with Gasteiger partial charge in [0.05, 0.1) is 11.9 Å². The summed E-state index contributed by atoms with van der Waals surface area (Å²) in [6.07, 6.45) is 3.93. The van der Waals surface area contributed by atoms with Gasteiger partial charge in [-0.15, -0.1) is 0 Å². The molecule has 3 rings (SSSR count). The average Bonchev–Trinajstić information content (AvgIpc) is 2.74. The Morgan fingerprint density at radius 1 is 1.00 bits per heavy atom. The van der Waals surface area contributed by atoms with Crippen LogP contribution in [-0.4, -0.2) is 9.38 Å². The smallest absolute Gasteiger partial charge is 0.137 e. The number of hydrogen-bond acceptors (Lipinski definition) is 1. The van der Waals surface area contributed by atoms with E-state index in [0.29, 0.717) is 0 Å². The van der Waals surface area contributed by atoms with E-state index in [0.717, 1.165) is 15.8 Å². The number of rotatable bonds is 1.